The molecule has 1 heterocycles. The summed E-state index contributed by atoms with van der Waals surface area (Å²) in [7, 11) is 0. The van der Waals surface area contributed by atoms with Gasteiger partial charge in [0.2, 0.25) is 0 Å². The van der Waals surface area contributed by atoms with E-state index in [1.807, 2.05) is 20.8 Å². The fourth-order valence-corrected chi connectivity index (χ4v) is 2.63. The highest BCUT2D eigenvalue weighted by molar-refractivity contribution is 5.73. The van der Waals surface area contributed by atoms with Crippen LogP contribution in [-0.2, 0) is 9.53 Å². The summed E-state index contributed by atoms with van der Waals surface area (Å²) < 4.78 is 5.47. The first kappa shape index (κ1) is 12.6. The van der Waals surface area contributed by atoms with E-state index in [4.69, 9.17) is 4.74 Å². The lowest BCUT2D eigenvalue weighted by Gasteiger charge is -2.31. The monoisotopic (exact) mass is 237 g/mol. The molecule has 1 aliphatic heterocycles. The normalized spacial score (nSPS) is 25.5. The zero-order chi connectivity index (χ0) is 12.5. The SMILES string of the molecule is CC(C)(C)OC(=O)C1CCC2=C(CNCC2)C1. The zero-order valence-corrected chi connectivity index (χ0v) is 11.1. The Morgan fingerprint density at radius 2 is 2.06 bits per heavy atom. The van der Waals surface area contributed by atoms with Gasteiger partial charge in [0.1, 0.15) is 5.60 Å². The maximum absolute atomic E-state index is 12.0. The van der Waals surface area contributed by atoms with E-state index in [9.17, 15) is 4.79 Å². The Kier molecular flexibility index (Phi) is 3.57. The van der Waals surface area contributed by atoms with Gasteiger partial charge in [-0.25, -0.2) is 0 Å². The van der Waals surface area contributed by atoms with Gasteiger partial charge in [-0.1, -0.05) is 11.1 Å². The minimum absolute atomic E-state index is 0.0189. The molecule has 1 unspecified atom stereocenters. The molecule has 3 nitrogen and oxygen atoms in total. The molecule has 96 valence electrons. The molecule has 0 amide bonds. The van der Waals surface area contributed by atoms with Gasteiger partial charge < -0.3 is 10.1 Å². The Morgan fingerprint density at radius 1 is 1.29 bits per heavy atom. The van der Waals surface area contributed by atoms with E-state index in [2.05, 4.69) is 5.32 Å². The number of rotatable bonds is 1. The van der Waals surface area contributed by atoms with E-state index in [1.165, 1.54) is 5.57 Å². The van der Waals surface area contributed by atoms with Crippen molar-refractivity contribution in [1.82, 2.24) is 5.32 Å². The van der Waals surface area contributed by atoms with Crippen molar-refractivity contribution in [2.24, 2.45) is 5.92 Å². The molecular formula is C14H23NO2. The second-order valence-electron chi connectivity index (χ2n) is 6.11. The highest BCUT2D eigenvalue weighted by Crippen LogP contribution is 2.33. The molecule has 0 saturated carbocycles. The molecule has 3 heteroatoms. The molecule has 1 N–H and O–H groups in total. The van der Waals surface area contributed by atoms with Crippen LogP contribution in [0.4, 0.5) is 0 Å². The lowest BCUT2D eigenvalue weighted by molar-refractivity contribution is -0.160. The van der Waals surface area contributed by atoms with Crippen molar-refractivity contribution >= 4 is 5.97 Å². The number of nitrogens with one attached hydrogen (secondary N) is 1. The number of hydrogen-bond donors (Lipinski definition) is 1. The van der Waals surface area contributed by atoms with Gasteiger partial charge >= 0.3 is 5.97 Å². The third kappa shape index (κ3) is 3.32. The predicted octanol–water partition coefficient (Wildman–Crippen LogP) is 2.42. The van der Waals surface area contributed by atoms with Crippen LogP contribution in [0.3, 0.4) is 0 Å². The number of esters is 1. The van der Waals surface area contributed by atoms with Crippen LogP contribution in [0.1, 0.15) is 46.5 Å². The molecule has 2 aliphatic rings. The van der Waals surface area contributed by atoms with Crippen molar-refractivity contribution in [3.63, 3.8) is 0 Å². The lowest BCUT2D eigenvalue weighted by Crippen LogP contribution is -2.34. The third-order valence-corrected chi connectivity index (χ3v) is 3.47. The van der Waals surface area contributed by atoms with Gasteiger partial charge in [-0.15, -0.1) is 0 Å². The summed E-state index contributed by atoms with van der Waals surface area (Å²) in [5.41, 5.74) is 2.68. The summed E-state index contributed by atoms with van der Waals surface area (Å²) in [6.07, 6.45) is 4.11. The fourth-order valence-electron chi connectivity index (χ4n) is 2.63. The number of ether oxygens (including phenoxy) is 1. The topological polar surface area (TPSA) is 38.3 Å². The molecule has 0 saturated heterocycles. The highest BCUT2D eigenvalue weighted by atomic mass is 16.6. The van der Waals surface area contributed by atoms with Crippen molar-refractivity contribution < 1.29 is 9.53 Å². The molecule has 0 spiro atoms. The second-order valence-corrected chi connectivity index (χ2v) is 6.11. The van der Waals surface area contributed by atoms with Gasteiger partial charge in [0.05, 0.1) is 5.92 Å². The Morgan fingerprint density at radius 3 is 2.76 bits per heavy atom. The maximum Gasteiger partial charge on any atom is 0.309 e. The molecule has 0 aromatic rings. The van der Waals surface area contributed by atoms with E-state index in [0.717, 1.165) is 38.8 Å². The summed E-state index contributed by atoms with van der Waals surface area (Å²) in [5, 5.41) is 3.38. The van der Waals surface area contributed by atoms with Gasteiger partial charge in [0, 0.05) is 6.54 Å². The molecule has 0 fully saturated rings. The largest absolute Gasteiger partial charge is 0.460 e. The van der Waals surface area contributed by atoms with E-state index in [1.54, 1.807) is 5.57 Å². The van der Waals surface area contributed by atoms with Crippen molar-refractivity contribution in [1.29, 1.82) is 0 Å². The molecular weight excluding hydrogens is 214 g/mol. The van der Waals surface area contributed by atoms with Crippen LogP contribution in [0.15, 0.2) is 11.1 Å². The average Bonchev–Trinajstić information content (AvgIpc) is 2.26. The number of hydrogen-bond acceptors (Lipinski definition) is 3. The van der Waals surface area contributed by atoms with Crippen molar-refractivity contribution in [2.75, 3.05) is 13.1 Å². The third-order valence-electron chi connectivity index (χ3n) is 3.47. The summed E-state index contributed by atoms with van der Waals surface area (Å²) >= 11 is 0. The van der Waals surface area contributed by atoms with Crippen LogP contribution in [0.2, 0.25) is 0 Å². The van der Waals surface area contributed by atoms with Crippen molar-refractivity contribution in [3.05, 3.63) is 11.1 Å². The molecule has 0 radical (unpaired) electrons. The van der Waals surface area contributed by atoms with Gasteiger partial charge in [-0.05, 0) is 53.0 Å². The minimum Gasteiger partial charge on any atom is -0.460 e. The highest BCUT2D eigenvalue weighted by Gasteiger charge is 2.30. The summed E-state index contributed by atoms with van der Waals surface area (Å²) in [4.78, 5) is 12.0. The van der Waals surface area contributed by atoms with Crippen molar-refractivity contribution in [3.8, 4) is 0 Å². The Balaban J connectivity index is 1.97. The van der Waals surface area contributed by atoms with Crippen LogP contribution in [-0.4, -0.2) is 24.7 Å². The summed E-state index contributed by atoms with van der Waals surface area (Å²) in [6, 6.07) is 0. The average molecular weight is 237 g/mol. The van der Waals surface area contributed by atoms with Gasteiger partial charge in [0.15, 0.2) is 0 Å². The van der Waals surface area contributed by atoms with Gasteiger partial charge in [0.25, 0.3) is 0 Å². The predicted molar refractivity (Wildman–Crippen MR) is 67.7 cm³/mol. The van der Waals surface area contributed by atoms with Crippen LogP contribution in [0, 0.1) is 5.92 Å². The van der Waals surface area contributed by atoms with E-state index < -0.39 is 0 Å². The summed E-state index contributed by atoms with van der Waals surface area (Å²) in [5.74, 6) is 0.0579. The molecule has 2 rings (SSSR count). The lowest BCUT2D eigenvalue weighted by atomic mass is 9.81. The first-order valence-electron chi connectivity index (χ1n) is 6.59. The standard InChI is InChI=1S/C14H23NO2/c1-14(2,3)17-13(16)11-5-4-10-6-7-15-9-12(10)8-11/h11,15H,4-9H2,1-3H3. The number of carbonyl (C=O) groups is 1. The first-order valence-corrected chi connectivity index (χ1v) is 6.59. The van der Waals surface area contributed by atoms with Gasteiger partial charge in [-0.3, -0.25) is 4.79 Å². The van der Waals surface area contributed by atoms with Crippen LogP contribution < -0.4 is 5.32 Å². The Labute approximate surface area is 104 Å². The molecule has 1 aliphatic carbocycles. The Bertz CT molecular complexity index is 339. The minimum atomic E-state index is -0.365. The number of carbonyl (C=O) groups excluding carboxylic acids is 1. The molecule has 0 bridgehead atoms. The first-order chi connectivity index (χ1) is 7.96. The smallest absolute Gasteiger partial charge is 0.309 e. The molecule has 17 heavy (non-hydrogen) atoms. The quantitative estimate of drug-likeness (QED) is 0.562. The van der Waals surface area contributed by atoms with E-state index in [0.29, 0.717) is 0 Å². The van der Waals surface area contributed by atoms with Crippen LogP contribution in [0.5, 0.6) is 0 Å². The summed E-state index contributed by atoms with van der Waals surface area (Å²) in [6.45, 7) is 7.85. The Hall–Kier alpha value is -0.830. The van der Waals surface area contributed by atoms with E-state index >= 15 is 0 Å². The molecule has 1 atom stereocenters. The molecule has 0 aromatic carbocycles. The van der Waals surface area contributed by atoms with E-state index in [-0.39, 0.29) is 17.5 Å². The van der Waals surface area contributed by atoms with Gasteiger partial charge in [-0.2, -0.15) is 0 Å². The van der Waals surface area contributed by atoms with Crippen molar-refractivity contribution in [2.45, 2.75) is 52.1 Å². The maximum atomic E-state index is 12.0. The second kappa shape index (κ2) is 4.81. The zero-order valence-electron chi connectivity index (χ0n) is 11.1. The fraction of sp³-hybridized carbons (Fsp3) is 0.786. The molecule has 0 aromatic heterocycles. The van der Waals surface area contributed by atoms with Crippen LogP contribution >= 0.6 is 0 Å². The van der Waals surface area contributed by atoms with Crippen LogP contribution in [0.25, 0.3) is 0 Å².